The van der Waals surface area contributed by atoms with Gasteiger partial charge in [0.2, 0.25) is 5.82 Å². The first-order chi connectivity index (χ1) is 15.8. The summed E-state index contributed by atoms with van der Waals surface area (Å²) in [5.41, 5.74) is 9.55. The molecule has 3 aromatic heterocycles. The van der Waals surface area contributed by atoms with Gasteiger partial charge in [-0.25, -0.2) is 9.97 Å². The Morgan fingerprint density at radius 3 is 2.61 bits per heavy atom. The van der Waals surface area contributed by atoms with Gasteiger partial charge in [-0.2, -0.15) is 0 Å². The molecule has 4 rings (SSSR count). The predicted molar refractivity (Wildman–Crippen MR) is 130 cm³/mol. The van der Waals surface area contributed by atoms with Crippen LogP contribution >= 0.6 is 23.2 Å². The fourth-order valence-electron chi connectivity index (χ4n) is 3.33. The van der Waals surface area contributed by atoms with E-state index in [1.165, 1.54) is 12.1 Å². The first-order valence-corrected chi connectivity index (χ1v) is 10.7. The zero-order chi connectivity index (χ0) is 23.5. The monoisotopic (exact) mass is 483 g/mol. The van der Waals surface area contributed by atoms with E-state index in [-0.39, 0.29) is 11.5 Å². The van der Waals surface area contributed by atoms with Crippen molar-refractivity contribution in [2.75, 3.05) is 17.6 Å². The largest absolute Gasteiger partial charge is 0.378 e. The van der Waals surface area contributed by atoms with E-state index < -0.39 is 4.92 Å². The Balaban J connectivity index is 1.58. The number of halogens is 2. The lowest BCUT2D eigenvalue weighted by Gasteiger charge is -2.12. The molecule has 168 valence electrons. The van der Waals surface area contributed by atoms with E-state index in [4.69, 9.17) is 28.9 Å². The van der Waals surface area contributed by atoms with Gasteiger partial charge in [0.1, 0.15) is 11.6 Å². The molecule has 33 heavy (non-hydrogen) atoms. The summed E-state index contributed by atoms with van der Waals surface area (Å²) in [6.07, 6.45) is 4.15. The van der Waals surface area contributed by atoms with Crippen molar-refractivity contribution in [2.45, 2.75) is 13.3 Å². The highest BCUT2D eigenvalue weighted by Gasteiger charge is 2.16. The Bertz CT molecular complexity index is 1340. The van der Waals surface area contributed by atoms with Crippen LogP contribution in [0.3, 0.4) is 0 Å². The summed E-state index contributed by atoms with van der Waals surface area (Å²) in [7, 11) is 0. The van der Waals surface area contributed by atoms with Gasteiger partial charge in [-0.15, -0.1) is 0 Å². The number of rotatable bonds is 7. The molecule has 0 radical (unpaired) electrons. The van der Waals surface area contributed by atoms with Crippen molar-refractivity contribution < 1.29 is 4.92 Å². The molecule has 0 fully saturated rings. The quantitative estimate of drug-likeness (QED) is 0.239. The van der Waals surface area contributed by atoms with Crippen molar-refractivity contribution in [1.29, 1.82) is 0 Å². The van der Waals surface area contributed by atoms with Crippen LogP contribution in [0.25, 0.3) is 22.6 Å². The summed E-state index contributed by atoms with van der Waals surface area (Å²) >= 11 is 12.5. The maximum absolute atomic E-state index is 10.9. The molecule has 9 nitrogen and oxygen atoms in total. The van der Waals surface area contributed by atoms with Crippen molar-refractivity contribution in [1.82, 2.24) is 19.9 Å². The van der Waals surface area contributed by atoms with Gasteiger partial charge < -0.3 is 16.0 Å². The summed E-state index contributed by atoms with van der Waals surface area (Å²) in [5, 5.41) is 15.1. The van der Waals surface area contributed by atoms with Crippen LogP contribution in [0, 0.1) is 17.0 Å². The standard InChI is InChI=1S/C22H19Cl2N7O2/c1-12-10-28-22(29-12)16-8-13(11-27-20(16)15-3-2-14(23)9-17(15)24)6-7-26-19-5-4-18(31(32)33)21(25)30-19/h2-5,8-11H,6-7H2,1H3,(H,28,29)(H3,25,26,30). The van der Waals surface area contributed by atoms with Crippen LogP contribution in [0.5, 0.6) is 0 Å². The number of nitro groups is 1. The molecule has 0 unspecified atom stereocenters. The van der Waals surface area contributed by atoms with E-state index in [0.29, 0.717) is 40.3 Å². The maximum Gasteiger partial charge on any atom is 0.311 e. The number of nitrogens with zero attached hydrogens (tertiary/aromatic N) is 4. The van der Waals surface area contributed by atoms with E-state index in [9.17, 15) is 10.1 Å². The van der Waals surface area contributed by atoms with Gasteiger partial charge in [0.15, 0.2) is 0 Å². The first kappa shape index (κ1) is 22.5. The summed E-state index contributed by atoms with van der Waals surface area (Å²) in [6, 6.07) is 10.1. The Labute approximate surface area is 199 Å². The Hall–Kier alpha value is -3.69. The maximum atomic E-state index is 10.9. The third-order valence-electron chi connectivity index (χ3n) is 4.91. The lowest BCUT2D eigenvalue weighted by molar-refractivity contribution is -0.384. The molecule has 0 amide bonds. The molecule has 0 aliphatic heterocycles. The Morgan fingerprint density at radius 1 is 1.12 bits per heavy atom. The molecule has 0 saturated heterocycles. The summed E-state index contributed by atoms with van der Waals surface area (Å²) in [6.45, 7) is 2.44. The Morgan fingerprint density at radius 2 is 1.94 bits per heavy atom. The molecule has 4 aromatic rings. The fraction of sp³-hybridized carbons (Fsp3) is 0.136. The van der Waals surface area contributed by atoms with Crippen LogP contribution < -0.4 is 11.1 Å². The topological polar surface area (TPSA) is 136 Å². The normalized spacial score (nSPS) is 10.9. The zero-order valence-electron chi connectivity index (χ0n) is 17.5. The molecule has 4 N–H and O–H groups in total. The highest BCUT2D eigenvalue weighted by atomic mass is 35.5. The number of nitrogen functional groups attached to an aromatic ring is 1. The molecule has 0 atom stereocenters. The van der Waals surface area contributed by atoms with Crippen molar-refractivity contribution in [2.24, 2.45) is 0 Å². The number of pyridine rings is 2. The van der Waals surface area contributed by atoms with Crippen LogP contribution in [0.2, 0.25) is 10.0 Å². The van der Waals surface area contributed by atoms with E-state index in [0.717, 1.165) is 22.4 Å². The number of aromatic nitrogens is 4. The number of aromatic amines is 1. The average molecular weight is 484 g/mol. The summed E-state index contributed by atoms with van der Waals surface area (Å²) < 4.78 is 0. The van der Waals surface area contributed by atoms with Gasteiger partial charge in [-0.1, -0.05) is 23.2 Å². The number of benzene rings is 1. The molecular weight excluding hydrogens is 465 g/mol. The molecule has 0 aliphatic carbocycles. The van der Waals surface area contributed by atoms with Gasteiger partial charge in [-0.05, 0) is 49.2 Å². The molecular formula is C22H19Cl2N7O2. The van der Waals surface area contributed by atoms with Crippen molar-refractivity contribution in [3.63, 3.8) is 0 Å². The zero-order valence-corrected chi connectivity index (χ0v) is 19.0. The van der Waals surface area contributed by atoms with E-state index in [1.54, 1.807) is 24.5 Å². The van der Waals surface area contributed by atoms with E-state index in [1.807, 2.05) is 19.1 Å². The van der Waals surface area contributed by atoms with Gasteiger partial charge in [0, 0.05) is 46.8 Å². The molecule has 11 heteroatoms. The van der Waals surface area contributed by atoms with Gasteiger partial charge in [0.25, 0.3) is 0 Å². The highest BCUT2D eigenvalue weighted by molar-refractivity contribution is 6.36. The van der Waals surface area contributed by atoms with Gasteiger partial charge in [0.05, 0.1) is 15.6 Å². The van der Waals surface area contributed by atoms with Crippen molar-refractivity contribution in [3.05, 3.63) is 80.2 Å². The van der Waals surface area contributed by atoms with Crippen molar-refractivity contribution >= 4 is 40.5 Å². The fourth-order valence-corrected chi connectivity index (χ4v) is 3.82. The lowest BCUT2D eigenvalue weighted by Crippen LogP contribution is -2.08. The number of anilines is 2. The van der Waals surface area contributed by atoms with Crippen LogP contribution in [-0.2, 0) is 6.42 Å². The minimum atomic E-state index is -0.565. The van der Waals surface area contributed by atoms with Crippen LogP contribution in [0.15, 0.2) is 48.8 Å². The molecule has 1 aromatic carbocycles. The van der Waals surface area contributed by atoms with E-state index >= 15 is 0 Å². The number of hydrogen-bond acceptors (Lipinski definition) is 7. The van der Waals surface area contributed by atoms with Crippen LogP contribution in [0.4, 0.5) is 17.3 Å². The molecule has 0 aliphatic rings. The van der Waals surface area contributed by atoms with Crippen LogP contribution in [0.1, 0.15) is 11.3 Å². The molecule has 0 bridgehead atoms. The lowest BCUT2D eigenvalue weighted by atomic mass is 10.0. The summed E-state index contributed by atoms with van der Waals surface area (Å²) in [5.74, 6) is 1.00. The summed E-state index contributed by atoms with van der Waals surface area (Å²) in [4.78, 5) is 26.7. The number of aryl methyl sites for hydroxylation is 1. The van der Waals surface area contributed by atoms with Gasteiger partial charge in [-0.3, -0.25) is 15.1 Å². The Kier molecular flexibility index (Phi) is 6.43. The van der Waals surface area contributed by atoms with Crippen LogP contribution in [-0.4, -0.2) is 31.4 Å². The van der Waals surface area contributed by atoms with Gasteiger partial charge >= 0.3 is 5.69 Å². The predicted octanol–water partition coefficient (Wildman–Crippen LogP) is 5.29. The van der Waals surface area contributed by atoms with Crippen molar-refractivity contribution in [3.8, 4) is 22.6 Å². The first-order valence-electron chi connectivity index (χ1n) is 9.93. The number of H-pyrrole nitrogens is 1. The second kappa shape index (κ2) is 9.43. The number of nitrogens with one attached hydrogen (secondary N) is 2. The van der Waals surface area contributed by atoms with E-state index in [2.05, 4.69) is 25.3 Å². The third kappa shape index (κ3) is 5.05. The second-order valence-corrected chi connectivity index (χ2v) is 8.16. The number of imidazole rings is 1. The molecule has 3 heterocycles. The molecule has 0 saturated carbocycles. The number of nitrogens with two attached hydrogens (primary N) is 1. The second-order valence-electron chi connectivity index (χ2n) is 7.31. The SMILES string of the molecule is Cc1cnc(-c2cc(CCNc3ccc([N+](=O)[O-])c(N)n3)cnc2-c2ccc(Cl)cc2Cl)[nH]1. The molecule has 0 spiro atoms. The smallest absolute Gasteiger partial charge is 0.311 e. The average Bonchev–Trinajstić information content (AvgIpc) is 3.20. The third-order valence-corrected chi connectivity index (χ3v) is 5.46. The minimum absolute atomic E-state index is 0.133. The number of hydrogen-bond donors (Lipinski definition) is 3. The highest BCUT2D eigenvalue weighted by Crippen LogP contribution is 2.35. The minimum Gasteiger partial charge on any atom is -0.378 e.